The van der Waals surface area contributed by atoms with Gasteiger partial charge < -0.3 is 15.4 Å². The average Bonchev–Trinajstić information content (AvgIpc) is 2.81. The molecule has 1 saturated carbocycles. The molecule has 0 aliphatic heterocycles. The molecule has 1 aliphatic carbocycles. The van der Waals surface area contributed by atoms with E-state index in [0.29, 0.717) is 16.9 Å². The van der Waals surface area contributed by atoms with Gasteiger partial charge in [0, 0.05) is 21.7 Å². The molecule has 1 aliphatic rings. The van der Waals surface area contributed by atoms with E-state index in [2.05, 4.69) is 12.2 Å². The van der Waals surface area contributed by atoms with E-state index in [1.54, 1.807) is 6.07 Å². The molecule has 3 N–H and O–H groups in total. The van der Waals surface area contributed by atoms with Gasteiger partial charge in [0.1, 0.15) is 0 Å². The minimum Gasteiger partial charge on any atom is -0.423 e. The van der Waals surface area contributed by atoms with E-state index in [1.165, 1.54) is 29.1 Å². The Hall–Kier alpha value is -0.355. The van der Waals surface area contributed by atoms with E-state index in [-0.39, 0.29) is 0 Å². The second-order valence-corrected chi connectivity index (χ2v) is 4.92. The zero-order chi connectivity index (χ0) is 10.1. The zero-order valence-electron chi connectivity index (χ0n) is 8.10. The summed E-state index contributed by atoms with van der Waals surface area (Å²) < 4.78 is 0.615. The lowest BCUT2D eigenvalue weighted by molar-refractivity contribution is 0.427. The Bertz CT molecular complexity index is 312. The summed E-state index contributed by atoms with van der Waals surface area (Å²) in [4.78, 5) is 1.17. The van der Waals surface area contributed by atoms with E-state index in [1.807, 2.05) is 6.07 Å². The smallest absolute Gasteiger partial charge is 0.423 e. The van der Waals surface area contributed by atoms with Gasteiger partial charge in [-0.15, -0.1) is 11.3 Å². The lowest BCUT2D eigenvalue weighted by atomic mass is 9.90. The van der Waals surface area contributed by atoms with Gasteiger partial charge in [0.05, 0.1) is 0 Å². The average molecular weight is 211 g/mol. The topological polar surface area (TPSA) is 52.5 Å². The molecular formula is C9H14BNO2S. The second-order valence-electron chi connectivity index (χ2n) is 3.78. The van der Waals surface area contributed by atoms with Crippen LogP contribution in [0, 0.1) is 0 Å². The molecule has 1 fully saturated rings. The summed E-state index contributed by atoms with van der Waals surface area (Å²) in [5, 5.41) is 21.4. The van der Waals surface area contributed by atoms with Crippen molar-refractivity contribution in [2.75, 3.05) is 0 Å². The highest BCUT2D eigenvalue weighted by Gasteiger charge is 2.24. The predicted molar refractivity (Wildman–Crippen MR) is 58.7 cm³/mol. The molecule has 1 aromatic rings. The van der Waals surface area contributed by atoms with Crippen molar-refractivity contribution < 1.29 is 10.0 Å². The van der Waals surface area contributed by atoms with Crippen LogP contribution in [-0.4, -0.2) is 23.2 Å². The molecule has 0 aromatic carbocycles. The van der Waals surface area contributed by atoms with Gasteiger partial charge in [-0.2, -0.15) is 0 Å². The fourth-order valence-corrected chi connectivity index (χ4v) is 2.32. The molecule has 0 radical (unpaired) electrons. The van der Waals surface area contributed by atoms with Crippen molar-refractivity contribution in [3.05, 3.63) is 17.0 Å². The fraction of sp³-hybridized carbons (Fsp3) is 0.556. The standard InChI is InChI=1S/C9H14BNO2S/c1-6(11-7-2-3-7)8-4-5-9(14-8)10(12)13/h4-7,11-13H,2-3H2,1H3. The van der Waals surface area contributed by atoms with Crippen molar-refractivity contribution in [3.8, 4) is 0 Å². The van der Waals surface area contributed by atoms with Gasteiger partial charge in [0.15, 0.2) is 0 Å². The lowest BCUT2D eigenvalue weighted by Gasteiger charge is -2.10. The number of nitrogens with one attached hydrogen (secondary N) is 1. The molecule has 76 valence electrons. The largest absolute Gasteiger partial charge is 0.499 e. The number of hydrogen-bond acceptors (Lipinski definition) is 4. The Kier molecular flexibility index (Phi) is 2.92. The maximum atomic E-state index is 8.96. The van der Waals surface area contributed by atoms with Crippen LogP contribution in [0.2, 0.25) is 0 Å². The first-order valence-corrected chi connectivity index (χ1v) is 5.70. The number of hydrogen-bond donors (Lipinski definition) is 3. The van der Waals surface area contributed by atoms with Gasteiger partial charge in [0.2, 0.25) is 0 Å². The highest BCUT2D eigenvalue weighted by atomic mass is 32.1. The van der Waals surface area contributed by atoms with Crippen molar-refractivity contribution in [1.29, 1.82) is 0 Å². The molecule has 0 spiro atoms. The maximum absolute atomic E-state index is 8.96. The summed E-state index contributed by atoms with van der Waals surface area (Å²) in [5.74, 6) is 0. The highest BCUT2D eigenvalue weighted by Crippen LogP contribution is 2.25. The monoisotopic (exact) mass is 211 g/mol. The first-order chi connectivity index (χ1) is 6.66. The molecule has 1 heterocycles. The summed E-state index contributed by atoms with van der Waals surface area (Å²) in [7, 11) is -1.33. The number of rotatable bonds is 4. The van der Waals surface area contributed by atoms with Gasteiger partial charge >= 0.3 is 7.12 Å². The predicted octanol–water partition coefficient (Wildman–Crippen LogP) is 0.241. The summed E-state index contributed by atoms with van der Waals surface area (Å²) in [6, 6.07) is 4.73. The van der Waals surface area contributed by atoms with Gasteiger partial charge in [-0.25, -0.2) is 0 Å². The van der Waals surface area contributed by atoms with Crippen LogP contribution in [0.25, 0.3) is 0 Å². The van der Waals surface area contributed by atoms with E-state index in [4.69, 9.17) is 10.0 Å². The molecule has 1 unspecified atom stereocenters. The van der Waals surface area contributed by atoms with E-state index >= 15 is 0 Å². The summed E-state index contributed by atoms with van der Waals surface area (Å²) in [6.07, 6.45) is 2.54. The second kappa shape index (κ2) is 4.02. The van der Waals surface area contributed by atoms with Crippen LogP contribution in [0.1, 0.15) is 30.7 Å². The lowest BCUT2D eigenvalue weighted by Crippen LogP contribution is -2.26. The Balaban J connectivity index is 1.99. The molecule has 2 rings (SSSR count). The maximum Gasteiger partial charge on any atom is 0.499 e. The minimum absolute atomic E-state index is 0.319. The Labute approximate surface area is 87.9 Å². The Morgan fingerprint density at radius 2 is 2.21 bits per heavy atom. The molecule has 0 amide bonds. The molecule has 14 heavy (non-hydrogen) atoms. The molecule has 0 bridgehead atoms. The first kappa shape index (κ1) is 10.2. The SMILES string of the molecule is CC(NC1CC1)c1ccc(B(O)O)s1. The van der Waals surface area contributed by atoms with Crippen LogP contribution < -0.4 is 10.1 Å². The quantitative estimate of drug-likeness (QED) is 0.625. The molecular weight excluding hydrogens is 197 g/mol. The van der Waals surface area contributed by atoms with Crippen LogP contribution >= 0.6 is 11.3 Å². The third-order valence-electron chi connectivity index (χ3n) is 2.39. The zero-order valence-corrected chi connectivity index (χ0v) is 8.92. The van der Waals surface area contributed by atoms with Crippen LogP contribution in [0.5, 0.6) is 0 Å². The molecule has 1 atom stereocenters. The normalized spacial score (nSPS) is 18.2. The minimum atomic E-state index is -1.33. The van der Waals surface area contributed by atoms with Crippen molar-refractivity contribution in [3.63, 3.8) is 0 Å². The molecule has 0 saturated heterocycles. The van der Waals surface area contributed by atoms with Crippen LogP contribution in [-0.2, 0) is 0 Å². The van der Waals surface area contributed by atoms with Gasteiger partial charge in [-0.05, 0) is 25.8 Å². The van der Waals surface area contributed by atoms with E-state index in [9.17, 15) is 0 Å². The van der Waals surface area contributed by atoms with Crippen LogP contribution in [0.3, 0.4) is 0 Å². The summed E-state index contributed by atoms with van der Waals surface area (Å²) in [6.45, 7) is 2.11. The Morgan fingerprint density at radius 1 is 1.50 bits per heavy atom. The molecule has 5 heteroatoms. The van der Waals surface area contributed by atoms with Crippen LogP contribution in [0.4, 0.5) is 0 Å². The van der Waals surface area contributed by atoms with Gasteiger partial charge in [0.25, 0.3) is 0 Å². The Morgan fingerprint density at radius 3 is 2.71 bits per heavy atom. The van der Waals surface area contributed by atoms with Gasteiger partial charge in [-0.3, -0.25) is 0 Å². The first-order valence-electron chi connectivity index (χ1n) is 4.88. The van der Waals surface area contributed by atoms with E-state index in [0.717, 1.165) is 0 Å². The molecule has 1 aromatic heterocycles. The summed E-state index contributed by atoms with van der Waals surface area (Å²) in [5.41, 5.74) is 0. The van der Waals surface area contributed by atoms with Crippen molar-refractivity contribution in [2.45, 2.75) is 31.8 Å². The summed E-state index contributed by atoms with van der Waals surface area (Å²) >= 11 is 1.46. The van der Waals surface area contributed by atoms with Crippen molar-refractivity contribution in [2.24, 2.45) is 0 Å². The highest BCUT2D eigenvalue weighted by molar-refractivity contribution is 7.22. The molecule has 3 nitrogen and oxygen atoms in total. The number of thiophene rings is 1. The third kappa shape index (κ3) is 2.36. The third-order valence-corrected chi connectivity index (χ3v) is 3.70. The fourth-order valence-electron chi connectivity index (χ4n) is 1.43. The van der Waals surface area contributed by atoms with Crippen molar-refractivity contribution >= 4 is 23.2 Å². The van der Waals surface area contributed by atoms with Crippen LogP contribution in [0.15, 0.2) is 12.1 Å². The van der Waals surface area contributed by atoms with Gasteiger partial charge in [-0.1, -0.05) is 6.07 Å². The van der Waals surface area contributed by atoms with Crippen molar-refractivity contribution in [1.82, 2.24) is 5.32 Å². The van der Waals surface area contributed by atoms with E-state index < -0.39 is 7.12 Å².